The van der Waals surface area contributed by atoms with Crippen molar-refractivity contribution >= 4 is 32.8 Å². The minimum atomic E-state index is 0.0126. The van der Waals surface area contributed by atoms with Crippen LogP contribution in [0.25, 0.3) is 72.3 Å². The van der Waals surface area contributed by atoms with E-state index in [0.29, 0.717) is 11.8 Å². The van der Waals surface area contributed by atoms with Crippen LogP contribution in [0.15, 0.2) is 182 Å². The summed E-state index contributed by atoms with van der Waals surface area (Å²) in [4.78, 5) is 4.96. The highest BCUT2D eigenvalue weighted by molar-refractivity contribution is 6.09. The summed E-state index contributed by atoms with van der Waals surface area (Å²) in [6, 6.07) is 62.3. The Morgan fingerprint density at radius 1 is 0.581 bits per heavy atom. The van der Waals surface area contributed by atoms with Gasteiger partial charge in [-0.2, -0.15) is 0 Å². The highest BCUT2D eigenvalue weighted by atomic mass is 16.5. The summed E-state index contributed by atoms with van der Waals surface area (Å²) >= 11 is 0. The maximum absolute atomic E-state index is 6.80. The third-order valence-electron chi connectivity index (χ3n) is 12.4. The molecule has 0 fully saturated rings. The standard InChI is InChI=1S/C57H50N4O/c1-38(2)39(3)42-31-32-58-55(33-42)61-51-30-27-43(57(4,5)6)34-50(51)49-29-28-46(36-54(49)61)62-45-22-15-21-44(35-45)59-37-60(53-26-14-13-25-52(53)59)56-47(40-17-9-7-10-18-40)23-16-24-48(56)41-19-11-8-12-20-41/h7-36,38-39H,1-6H3. The lowest BCUT2D eigenvalue weighted by Crippen LogP contribution is -2.31. The van der Waals surface area contributed by atoms with E-state index in [9.17, 15) is 0 Å². The Morgan fingerprint density at radius 2 is 1.26 bits per heavy atom. The molecule has 0 saturated heterocycles. The second-order valence-electron chi connectivity index (χ2n) is 17.8. The first-order valence-corrected chi connectivity index (χ1v) is 21.6. The molecule has 0 saturated carbocycles. The Hall–Kier alpha value is -7.24. The van der Waals surface area contributed by atoms with Crippen molar-refractivity contribution in [3.8, 4) is 50.9 Å². The minimum Gasteiger partial charge on any atom is -0.458 e. The Morgan fingerprint density at radius 3 is 1.97 bits per heavy atom. The van der Waals surface area contributed by atoms with Crippen molar-refractivity contribution in [2.75, 3.05) is 0 Å². The van der Waals surface area contributed by atoms with Crippen LogP contribution in [0.1, 0.15) is 58.6 Å². The van der Waals surface area contributed by atoms with Crippen molar-refractivity contribution in [2.24, 2.45) is 5.92 Å². The molecule has 0 aliphatic carbocycles. The average Bonchev–Trinajstić information content (AvgIpc) is 3.84. The number of pyridine rings is 1. The molecule has 5 nitrogen and oxygen atoms in total. The van der Waals surface area contributed by atoms with Crippen molar-refractivity contribution < 1.29 is 9.30 Å². The number of benzene rings is 7. The molecule has 62 heavy (non-hydrogen) atoms. The Kier molecular flexibility index (Phi) is 9.83. The number of hydrogen-bond donors (Lipinski definition) is 0. The summed E-state index contributed by atoms with van der Waals surface area (Å²) in [6.07, 6.45) is 5.75. The van der Waals surface area contributed by atoms with E-state index >= 15 is 0 Å². The van der Waals surface area contributed by atoms with Crippen LogP contribution in [0.5, 0.6) is 11.5 Å². The van der Waals surface area contributed by atoms with Gasteiger partial charge in [-0.3, -0.25) is 13.7 Å². The molecule has 0 aliphatic heterocycles. The Labute approximate surface area is 364 Å². The van der Waals surface area contributed by atoms with Gasteiger partial charge in [-0.25, -0.2) is 4.98 Å². The SMILES string of the molecule is CC(C)C(C)c1ccnc(-n2c3ccc(C(C)(C)C)cc3c3ccc(Oc4cccc(-n5[c-][n+](-c6c(-c7ccccc7)cccc6-c6ccccc6)c6ccccc65)c4)cc32)c1. The molecule has 304 valence electrons. The third kappa shape index (κ3) is 7.03. The number of para-hydroxylation sites is 3. The molecule has 1 unspecified atom stereocenters. The second kappa shape index (κ2) is 15.7. The van der Waals surface area contributed by atoms with Crippen molar-refractivity contribution in [1.82, 2.24) is 14.1 Å². The molecule has 3 aromatic heterocycles. The first-order valence-electron chi connectivity index (χ1n) is 21.6. The third-order valence-corrected chi connectivity index (χ3v) is 12.4. The van der Waals surface area contributed by atoms with Crippen LogP contribution in [-0.2, 0) is 5.41 Å². The van der Waals surface area contributed by atoms with Crippen LogP contribution >= 0.6 is 0 Å². The second-order valence-corrected chi connectivity index (χ2v) is 17.8. The molecule has 0 radical (unpaired) electrons. The van der Waals surface area contributed by atoms with E-state index in [1.165, 1.54) is 21.9 Å². The van der Waals surface area contributed by atoms with Crippen LogP contribution in [0.3, 0.4) is 0 Å². The number of ether oxygens (including phenoxy) is 1. The zero-order valence-corrected chi connectivity index (χ0v) is 36.2. The van der Waals surface area contributed by atoms with Crippen LogP contribution < -0.4 is 9.30 Å². The van der Waals surface area contributed by atoms with Crippen LogP contribution in [0.2, 0.25) is 0 Å². The summed E-state index contributed by atoms with van der Waals surface area (Å²) in [7, 11) is 0. The van der Waals surface area contributed by atoms with Crippen molar-refractivity contribution in [1.29, 1.82) is 0 Å². The molecule has 0 spiro atoms. The average molecular weight is 807 g/mol. The van der Waals surface area contributed by atoms with Crippen LogP contribution in [0, 0.1) is 12.2 Å². The molecular formula is C57H50N4O. The van der Waals surface area contributed by atoms with Gasteiger partial charge in [0.2, 0.25) is 0 Å². The van der Waals surface area contributed by atoms with E-state index < -0.39 is 0 Å². The summed E-state index contributed by atoms with van der Waals surface area (Å²) in [5, 5.41) is 2.37. The molecule has 0 aliphatic rings. The van der Waals surface area contributed by atoms with Gasteiger partial charge in [0.25, 0.3) is 6.33 Å². The van der Waals surface area contributed by atoms with Gasteiger partial charge in [0.1, 0.15) is 17.3 Å². The van der Waals surface area contributed by atoms with Gasteiger partial charge < -0.3 is 4.74 Å². The van der Waals surface area contributed by atoms with Gasteiger partial charge in [-0.15, -0.1) is 0 Å². The van der Waals surface area contributed by atoms with E-state index in [1.807, 2.05) is 12.3 Å². The van der Waals surface area contributed by atoms with Gasteiger partial charge in [0.05, 0.1) is 33.4 Å². The minimum absolute atomic E-state index is 0.0126. The van der Waals surface area contributed by atoms with E-state index in [2.05, 4.69) is 231 Å². The van der Waals surface area contributed by atoms with Gasteiger partial charge in [0.15, 0.2) is 0 Å². The Bertz CT molecular complexity index is 3180. The molecule has 3 heterocycles. The predicted molar refractivity (Wildman–Crippen MR) is 255 cm³/mol. The Balaban J connectivity index is 1.09. The summed E-state index contributed by atoms with van der Waals surface area (Å²) in [5.41, 5.74) is 13.4. The molecule has 10 rings (SSSR count). The molecule has 1 atom stereocenters. The van der Waals surface area contributed by atoms with E-state index in [-0.39, 0.29) is 5.41 Å². The topological polar surface area (TPSA) is 35.9 Å². The molecule has 7 aromatic carbocycles. The van der Waals surface area contributed by atoms with Crippen LogP contribution in [0.4, 0.5) is 0 Å². The fourth-order valence-electron chi connectivity index (χ4n) is 8.73. The number of nitrogens with zero attached hydrogens (tertiary/aromatic N) is 4. The largest absolute Gasteiger partial charge is 0.458 e. The summed E-state index contributed by atoms with van der Waals surface area (Å²) < 4.78 is 13.5. The quantitative estimate of drug-likeness (QED) is 0.108. The summed E-state index contributed by atoms with van der Waals surface area (Å²) in [6.45, 7) is 13.7. The highest BCUT2D eigenvalue weighted by Gasteiger charge is 2.22. The maximum atomic E-state index is 6.80. The van der Waals surface area contributed by atoms with Gasteiger partial charge in [-0.05, 0) is 105 Å². The number of imidazole rings is 1. The normalized spacial score (nSPS) is 12.4. The lowest BCUT2D eigenvalue weighted by atomic mass is 9.86. The van der Waals surface area contributed by atoms with E-state index in [4.69, 9.17) is 9.72 Å². The fourth-order valence-corrected chi connectivity index (χ4v) is 8.73. The fraction of sp³-hybridized carbons (Fsp3) is 0.158. The van der Waals surface area contributed by atoms with Gasteiger partial charge in [-0.1, -0.05) is 157 Å². The molecule has 0 N–H and O–H groups in total. The van der Waals surface area contributed by atoms with Crippen molar-refractivity contribution in [3.05, 3.63) is 200 Å². The van der Waals surface area contributed by atoms with E-state index in [1.54, 1.807) is 0 Å². The molecular weight excluding hydrogens is 757 g/mol. The predicted octanol–water partition coefficient (Wildman–Crippen LogP) is 14.4. The number of rotatable bonds is 9. The van der Waals surface area contributed by atoms with E-state index in [0.717, 1.165) is 73.0 Å². The lowest BCUT2D eigenvalue weighted by Gasteiger charge is -2.19. The monoisotopic (exact) mass is 806 g/mol. The highest BCUT2D eigenvalue weighted by Crippen LogP contribution is 2.39. The molecule has 10 aromatic rings. The summed E-state index contributed by atoms with van der Waals surface area (Å²) in [5.74, 6) is 3.31. The van der Waals surface area contributed by atoms with Crippen molar-refractivity contribution in [3.63, 3.8) is 0 Å². The molecule has 0 amide bonds. The maximum Gasteiger partial charge on any atom is 0.269 e. The number of hydrogen-bond acceptors (Lipinski definition) is 2. The van der Waals surface area contributed by atoms with Gasteiger partial charge in [0, 0.05) is 23.0 Å². The smallest absolute Gasteiger partial charge is 0.269 e. The zero-order chi connectivity index (χ0) is 42.5. The van der Waals surface area contributed by atoms with Crippen LogP contribution in [-0.4, -0.2) is 14.1 Å². The number of aromatic nitrogens is 4. The molecule has 5 heteroatoms. The number of fused-ring (bicyclic) bond motifs is 4. The van der Waals surface area contributed by atoms with Gasteiger partial charge >= 0.3 is 0 Å². The van der Waals surface area contributed by atoms with Crippen molar-refractivity contribution in [2.45, 2.75) is 52.9 Å². The lowest BCUT2D eigenvalue weighted by molar-refractivity contribution is -0.571. The zero-order valence-electron chi connectivity index (χ0n) is 36.2. The first kappa shape index (κ1) is 38.9. The first-order chi connectivity index (χ1) is 30.1. The molecule has 0 bridgehead atoms.